The third kappa shape index (κ3) is 5.22. The summed E-state index contributed by atoms with van der Waals surface area (Å²) in [5.41, 5.74) is 1.72. The Balaban J connectivity index is 2.89. The van der Waals surface area contributed by atoms with Gasteiger partial charge in [0.15, 0.2) is 0 Å². The van der Waals surface area contributed by atoms with Crippen molar-refractivity contribution in [2.45, 2.75) is 26.1 Å². The van der Waals surface area contributed by atoms with Crippen LogP contribution in [-0.2, 0) is 4.79 Å². The van der Waals surface area contributed by atoms with Crippen molar-refractivity contribution in [3.05, 3.63) is 23.0 Å². The van der Waals surface area contributed by atoms with Gasteiger partial charge in [-0.15, -0.1) is 0 Å². The zero-order valence-corrected chi connectivity index (χ0v) is 11.7. The molecule has 0 fully saturated rings. The lowest BCUT2D eigenvalue weighted by Crippen LogP contribution is -2.24. The number of ether oxygens (including phenoxy) is 1. The maximum Gasteiger partial charge on any atom is 0.455 e. The van der Waals surface area contributed by atoms with Crippen molar-refractivity contribution < 1.29 is 27.1 Å². The van der Waals surface area contributed by atoms with Gasteiger partial charge in [-0.25, -0.2) is 4.39 Å². The number of hydrogen-bond acceptors (Lipinski definition) is 4. The first-order valence-electron chi connectivity index (χ1n) is 5.67. The Morgan fingerprint density at radius 1 is 1.43 bits per heavy atom. The topological polar surface area (TPSA) is 50.7 Å². The van der Waals surface area contributed by atoms with Crippen molar-refractivity contribution in [2.75, 3.05) is 5.43 Å². The molecule has 9 heteroatoms. The lowest BCUT2D eigenvalue weighted by Gasteiger charge is -2.13. The predicted molar refractivity (Wildman–Crippen MR) is 70.4 cm³/mol. The van der Waals surface area contributed by atoms with Gasteiger partial charge in [-0.3, -0.25) is 10.2 Å². The van der Waals surface area contributed by atoms with Crippen LogP contribution < -0.4 is 10.2 Å². The maximum absolute atomic E-state index is 13.5. The number of carbonyl (C=O) groups is 1. The molecule has 0 saturated carbocycles. The van der Waals surface area contributed by atoms with Gasteiger partial charge in [0.25, 0.3) is 5.78 Å². The van der Waals surface area contributed by atoms with E-state index in [0.29, 0.717) is 0 Å². The smallest absolute Gasteiger partial charge is 0.455 e. The third-order valence-electron chi connectivity index (χ3n) is 2.03. The molecular weight excluding hydrogens is 316 g/mol. The highest BCUT2D eigenvalue weighted by Crippen LogP contribution is 2.31. The van der Waals surface area contributed by atoms with E-state index in [0.717, 1.165) is 12.1 Å². The second kappa shape index (κ2) is 6.75. The van der Waals surface area contributed by atoms with Gasteiger partial charge in [-0.2, -0.15) is 18.3 Å². The number of nitrogens with one attached hydrogen (secondary N) is 1. The molecule has 1 aromatic rings. The SMILES string of the molecule is CC(C)Oc1cc(N/N=C/C(=O)C(F)(F)F)c(F)cc1Cl. The number of hydrazone groups is 1. The summed E-state index contributed by atoms with van der Waals surface area (Å²) in [5, 5.41) is 3.04. The van der Waals surface area contributed by atoms with Gasteiger partial charge in [0, 0.05) is 6.07 Å². The molecule has 0 bridgehead atoms. The van der Waals surface area contributed by atoms with Gasteiger partial charge in [0.05, 0.1) is 23.0 Å². The number of ketones is 1. The summed E-state index contributed by atoms with van der Waals surface area (Å²) in [4.78, 5) is 10.6. The fourth-order valence-electron chi connectivity index (χ4n) is 1.19. The lowest BCUT2D eigenvalue weighted by atomic mass is 10.3. The number of hydrogen-bond donors (Lipinski definition) is 1. The van der Waals surface area contributed by atoms with E-state index in [9.17, 15) is 22.4 Å². The Hall–Kier alpha value is -1.83. The zero-order chi connectivity index (χ0) is 16.2. The molecule has 0 amide bonds. The van der Waals surface area contributed by atoms with Gasteiger partial charge in [0.1, 0.15) is 11.6 Å². The molecule has 0 aromatic heterocycles. The van der Waals surface area contributed by atoms with Crippen molar-refractivity contribution in [3.8, 4) is 5.75 Å². The molecule has 0 aliphatic carbocycles. The standard InChI is InChI=1S/C12H11ClF4N2O2/c1-6(2)21-10-4-9(8(14)3-7(10)13)19-18-5-11(20)12(15,16)17/h3-6,19H,1-2H3/b18-5+. The molecule has 0 aliphatic rings. The van der Waals surface area contributed by atoms with Crippen LogP contribution in [0.2, 0.25) is 5.02 Å². The highest BCUT2D eigenvalue weighted by Gasteiger charge is 2.36. The third-order valence-corrected chi connectivity index (χ3v) is 2.33. The van der Waals surface area contributed by atoms with Crippen LogP contribution in [0.5, 0.6) is 5.75 Å². The molecule has 0 heterocycles. The maximum atomic E-state index is 13.5. The minimum Gasteiger partial charge on any atom is -0.489 e. The van der Waals surface area contributed by atoms with E-state index in [1.807, 2.05) is 5.43 Å². The molecule has 1 rings (SSSR count). The lowest BCUT2D eigenvalue weighted by molar-refractivity contribution is -0.162. The highest BCUT2D eigenvalue weighted by molar-refractivity contribution is 6.32. The number of nitrogens with zero attached hydrogens (tertiary/aromatic N) is 1. The Morgan fingerprint density at radius 2 is 2.05 bits per heavy atom. The van der Waals surface area contributed by atoms with Gasteiger partial charge in [-0.05, 0) is 19.9 Å². The monoisotopic (exact) mass is 326 g/mol. The molecule has 0 saturated heterocycles. The minimum atomic E-state index is -5.03. The first kappa shape index (κ1) is 17.2. The van der Waals surface area contributed by atoms with Crippen LogP contribution in [-0.4, -0.2) is 24.3 Å². The quantitative estimate of drug-likeness (QED) is 0.509. The van der Waals surface area contributed by atoms with Crippen molar-refractivity contribution in [1.82, 2.24) is 0 Å². The van der Waals surface area contributed by atoms with Crippen LogP contribution in [0.4, 0.5) is 23.2 Å². The van der Waals surface area contributed by atoms with E-state index in [-0.39, 0.29) is 28.8 Å². The summed E-state index contributed by atoms with van der Waals surface area (Å²) in [6.45, 7) is 3.43. The van der Waals surface area contributed by atoms with Crippen molar-refractivity contribution in [1.29, 1.82) is 0 Å². The van der Waals surface area contributed by atoms with E-state index in [4.69, 9.17) is 16.3 Å². The van der Waals surface area contributed by atoms with Crippen LogP contribution in [0.3, 0.4) is 0 Å². The summed E-state index contributed by atoms with van der Waals surface area (Å²) in [5.74, 6) is -2.89. The fraction of sp³-hybridized carbons (Fsp3) is 0.333. The largest absolute Gasteiger partial charge is 0.489 e. The Kier molecular flexibility index (Phi) is 5.54. The summed E-state index contributed by atoms with van der Waals surface area (Å²) in [6, 6.07) is 2.05. The molecule has 4 nitrogen and oxygen atoms in total. The molecular formula is C12H11ClF4N2O2. The fourth-order valence-corrected chi connectivity index (χ4v) is 1.39. The first-order chi connectivity index (χ1) is 9.61. The molecule has 0 aliphatic heterocycles. The number of alkyl halides is 3. The number of carbonyl (C=O) groups excluding carboxylic acids is 1. The van der Waals surface area contributed by atoms with E-state index in [1.54, 1.807) is 13.8 Å². The molecule has 116 valence electrons. The van der Waals surface area contributed by atoms with Crippen LogP contribution >= 0.6 is 11.6 Å². The van der Waals surface area contributed by atoms with E-state index in [1.165, 1.54) is 0 Å². The molecule has 1 aromatic carbocycles. The Labute approximate surface area is 122 Å². The van der Waals surface area contributed by atoms with Gasteiger partial charge >= 0.3 is 6.18 Å². The molecule has 21 heavy (non-hydrogen) atoms. The van der Waals surface area contributed by atoms with Crippen LogP contribution in [0, 0.1) is 5.82 Å². The van der Waals surface area contributed by atoms with E-state index >= 15 is 0 Å². The second-order valence-corrected chi connectivity index (χ2v) is 4.57. The average molecular weight is 327 g/mol. The van der Waals surface area contributed by atoms with Crippen molar-refractivity contribution in [3.63, 3.8) is 0 Å². The van der Waals surface area contributed by atoms with Gasteiger partial charge in [0.2, 0.25) is 0 Å². The Bertz CT molecular complexity index is 559. The first-order valence-corrected chi connectivity index (χ1v) is 6.05. The molecule has 0 spiro atoms. The summed E-state index contributed by atoms with van der Waals surface area (Å²) in [7, 11) is 0. The number of halogens is 5. The zero-order valence-electron chi connectivity index (χ0n) is 11.0. The summed E-state index contributed by atoms with van der Waals surface area (Å²) in [6.07, 6.45) is -5.26. The van der Waals surface area contributed by atoms with Crippen LogP contribution in [0.1, 0.15) is 13.8 Å². The van der Waals surface area contributed by atoms with Gasteiger partial charge in [-0.1, -0.05) is 11.6 Å². The minimum absolute atomic E-state index is 0.00194. The molecule has 0 atom stereocenters. The summed E-state index contributed by atoms with van der Waals surface area (Å²) >= 11 is 5.76. The summed E-state index contributed by atoms with van der Waals surface area (Å²) < 4.78 is 54.6. The second-order valence-electron chi connectivity index (χ2n) is 4.16. The number of rotatable bonds is 5. The normalized spacial score (nSPS) is 12.0. The molecule has 0 unspecified atom stereocenters. The number of anilines is 1. The molecule has 1 N–H and O–H groups in total. The van der Waals surface area contributed by atoms with Crippen LogP contribution in [0.25, 0.3) is 0 Å². The predicted octanol–water partition coefficient (Wildman–Crippen LogP) is 3.80. The number of benzene rings is 1. The van der Waals surface area contributed by atoms with Crippen molar-refractivity contribution in [2.24, 2.45) is 5.10 Å². The highest BCUT2D eigenvalue weighted by atomic mass is 35.5. The van der Waals surface area contributed by atoms with Crippen LogP contribution in [0.15, 0.2) is 17.2 Å². The average Bonchev–Trinajstić information content (AvgIpc) is 2.32. The van der Waals surface area contributed by atoms with E-state index < -0.39 is 17.8 Å². The van der Waals surface area contributed by atoms with E-state index in [2.05, 4.69) is 5.10 Å². The van der Waals surface area contributed by atoms with Crippen molar-refractivity contribution >= 4 is 29.3 Å². The Morgan fingerprint density at radius 3 is 2.57 bits per heavy atom. The molecule has 0 radical (unpaired) electrons. The van der Waals surface area contributed by atoms with Gasteiger partial charge < -0.3 is 4.74 Å². The number of Topliss-reactive ketones (excluding diaryl/α,β-unsaturated/α-hetero) is 1.